The molecule has 4 nitrogen and oxygen atoms in total. The van der Waals surface area contributed by atoms with Crippen molar-refractivity contribution in [2.75, 3.05) is 0 Å². The monoisotopic (exact) mass is 325 g/mol. The molecule has 0 saturated heterocycles. The lowest BCUT2D eigenvalue weighted by Gasteiger charge is -2.04. The van der Waals surface area contributed by atoms with Gasteiger partial charge in [-0.2, -0.15) is 0 Å². The summed E-state index contributed by atoms with van der Waals surface area (Å²) in [6, 6.07) is 15.8. The smallest absolute Gasteiger partial charge is 0.222 e. The molecule has 0 radical (unpaired) electrons. The van der Waals surface area contributed by atoms with Crippen LogP contribution in [0, 0.1) is 0 Å². The first-order chi connectivity index (χ1) is 11.2. The number of hydrogen-bond donors (Lipinski definition) is 0. The fraction of sp³-hybridized carbons (Fsp3) is 0.0556. The minimum absolute atomic E-state index is 0.281. The molecule has 0 aliphatic carbocycles. The first-order valence-corrected chi connectivity index (χ1v) is 7.33. The van der Waals surface area contributed by atoms with Crippen LogP contribution in [0.15, 0.2) is 71.4 Å². The fourth-order valence-corrected chi connectivity index (χ4v) is 2.36. The number of aldehydes is 1. The van der Waals surface area contributed by atoms with Crippen molar-refractivity contribution in [3.63, 3.8) is 0 Å². The summed E-state index contributed by atoms with van der Waals surface area (Å²) in [5.74, 6) is 0.0452. The molecule has 1 heterocycles. The molecule has 1 atom stereocenters. The zero-order valence-corrected chi connectivity index (χ0v) is 12.7. The average molecular weight is 326 g/mol. The number of ether oxygens (including phenoxy) is 1. The predicted molar refractivity (Wildman–Crippen MR) is 87.8 cm³/mol. The molecule has 1 aliphatic rings. The van der Waals surface area contributed by atoms with Gasteiger partial charge in [0.25, 0.3) is 0 Å². The predicted octanol–water partition coefficient (Wildman–Crippen LogP) is 3.45. The van der Waals surface area contributed by atoms with Crippen molar-refractivity contribution < 1.29 is 14.3 Å². The van der Waals surface area contributed by atoms with Crippen molar-refractivity contribution in [2.24, 2.45) is 4.99 Å². The van der Waals surface area contributed by atoms with E-state index in [9.17, 15) is 9.59 Å². The molecule has 2 aromatic carbocycles. The largest absolute Gasteiger partial charge is 0.460 e. The minimum atomic E-state index is -0.881. The summed E-state index contributed by atoms with van der Waals surface area (Å²) >= 11 is 5.88. The van der Waals surface area contributed by atoms with E-state index in [1.165, 1.54) is 6.08 Å². The second-order valence-electron chi connectivity index (χ2n) is 4.90. The second-order valence-corrected chi connectivity index (χ2v) is 5.34. The van der Waals surface area contributed by atoms with Gasteiger partial charge < -0.3 is 4.74 Å². The number of aliphatic imine (C=N–C) groups is 1. The van der Waals surface area contributed by atoms with Crippen LogP contribution in [-0.4, -0.2) is 24.1 Å². The first-order valence-electron chi connectivity index (χ1n) is 6.95. The number of allylic oxidation sites excluding steroid dienone is 1. The molecule has 2 aromatic rings. The van der Waals surface area contributed by atoms with E-state index in [4.69, 9.17) is 16.3 Å². The van der Waals surface area contributed by atoms with Gasteiger partial charge in [0.1, 0.15) is 0 Å². The first kappa shape index (κ1) is 15.2. The van der Waals surface area contributed by atoms with Gasteiger partial charge in [0.2, 0.25) is 5.90 Å². The number of benzene rings is 2. The molecule has 5 heteroatoms. The Morgan fingerprint density at radius 2 is 1.91 bits per heavy atom. The maximum atomic E-state index is 12.3. The van der Waals surface area contributed by atoms with Gasteiger partial charge in [-0.1, -0.05) is 41.9 Å². The topological polar surface area (TPSA) is 55.7 Å². The minimum Gasteiger partial charge on any atom is -0.460 e. The van der Waals surface area contributed by atoms with E-state index in [2.05, 4.69) is 4.99 Å². The highest BCUT2D eigenvalue weighted by Crippen LogP contribution is 2.21. The molecule has 1 aliphatic heterocycles. The molecule has 0 fully saturated rings. The van der Waals surface area contributed by atoms with Crippen LogP contribution in [0.25, 0.3) is 0 Å². The number of hydrogen-bond acceptors (Lipinski definition) is 4. The van der Waals surface area contributed by atoms with Gasteiger partial charge in [-0.25, -0.2) is 4.99 Å². The molecule has 0 spiro atoms. The van der Waals surface area contributed by atoms with E-state index < -0.39 is 6.10 Å². The van der Waals surface area contributed by atoms with E-state index in [1.54, 1.807) is 24.3 Å². The van der Waals surface area contributed by atoms with Crippen LogP contribution in [0.2, 0.25) is 5.02 Å². The van der Waals surface area contributed by atoms with Crippen LogP contribution < -0.4 is 0 Å². The maximum Gasteiger partial charge on any atom is 0.222 e. The quantitative estimate of drug-likeness (QED) is 0.491. The van der Waals surface area contributed by atoms with Crippen molar-refractivity contribution in [1.82, 2.24) is 0 Å². The number of carbonyl (C=O) groups excluding carboxylic acids is 2. The Morgan fingerprint density at radius 1 is 1.13 bits per heavy atom. The van der Waals surface area contributed by atoms with E-state index >= 15 is 0 Å². The lowest BCUT2D eigenvalue weighted by molar-refractivity contribution is -0.112. The number of carbonyl (C=O) groups is 2. The van der Waals surface area contributed by atoms with Gasteiger partial charge in [-0.3, -0.25) is 9.59 Å². The summed E-state index contributed by atoms with van der Waals surface area (Å²) in [5, 5.41) is 0.470. The molecule has 3 rings (SSSR count). The second kappa shape index (κ2) is 6.58. The van der Waals surface area contributed by atoms with Crippen molar-refractivity contribution in [3.8, 4) is 0 Å². The molecule has 23 heavy (non-hydrogen) atoms. The molecule has 0 amide bonds. The van der Waals surface area contributed by atoms with Crippen LogP contribution >= 0.6 is 11.6 Å². The highest BCUT2D eigenvalue weighted by Gasteiger charge is 2.26. The third kappa shape index (κ3) is 3.38. The summed E-state index contributed by atoms with van der Waals surface area (Å²) < 4.78 is 5.51. The Morgan fingerprint density at radius 3 is 2.61 bits per heavy atom. The van der Waals surface area contributed by atoms with Crippen LogP contribution in [-0.2, 0) is 9.53 Å². The Hall–Kier alpha value is -2.72. The van der Waals surface area contributed by atoms with Gasteiger partial charge in [-0.05, 0) is 24.3 Å². The lowest BCUT2D eigenvalue weighted by Crippen LogP contribution is -2.14. The normalized spacial score (nSPS) is 18.4. The van der Waals surface area contributed by atoms with Gasteiger partial charge in [0.05, 0.1) is 5.70 Å². The highest BCUT2D eigenvalue weighted by molar-refractivity contribution is 6.31. The van der Waals surface area contributed by atoms with Crippen LogP contribution in [0.3, 0.4) is 0 Å². The Balaban J connectivity index is 1.92. The molecular weight excluding hydrogens is 314 g/mol. The van der Waals surface area contributed by atoms with Crippen molar-refractivity contribution in [3.05, 3.63) is 82.5 Å². The van der Waals surface area contributed by atoms with Gasteiger partial charge in [0, 0.05) is 22.2 Å². The highest BCUT2D eigenvalue weighted by atomic mass is 35.5. The third-order valence-corrected chi connectivity index (χ3v) is 3.53. The van der Waals surface area contributed by atoms with E-state index in [0.717, 1.165) is 5.56 Å². The summed E-state index contributed by atoms with van der Waals surface area (Å²) in [4.78, 5) is 27.7. The van der Waals surface area contributed by atoms with Gasteiger partial charge >= 0.3 is 0 Å². The van der Waals surface area contributed by atoms with E-state index in [0.29, 0.717) is 22.8 Å². The van der Waals surface area contributed by atoms with Gasteiger partial charge in [-0.15, -0.1) is 0 Å². The molecular formula is C18H12ClNO3. The van der Waals surface area contributed by atoms with Crippen LogP contribution in [0.1, 0.15) is 15.9 Å². The Bertz CT molecular complexity index is 812. The molecule has 0 aromatic heterocycles. The van der Waals surface area contributed by atoms with E-state index in [-0.39, 0.29) is 11.5 Å². The molecule has 0 N–H and O–H groups in total. The van der Waals surface area contributed by atoms with Crippen LogP contribution in [0.5, 0.6) is 0 Å². The zero-order valence-electron chi connectivity index (χ0n) is 12.0. The molecule has 114 valence electrons. The molecule has 0 bridgehead atoms. The van der Waals surface area contributed by atoms with Crippen LogP contribution in [0.4, 0.5) is 0 Å². The SMILES string of the molecule is O=CC1OC(c2ccccc2)=N/C1=C/C(=O)c1cccc(Cl)c1. The third-order valence-electron chi connectivity index (χ3n) is 3.29. The summed E-state index contributed by atoms with van der Waals surface area (Å²) in [6.45, 7) is 0. The Kier molecular flexibility index (Phi) is 4.35. The standard InChI is InChI=1S/C18H12ClNO3/c19-14-8-4-7-13(9-14)16(22)10-15-17(11-21)23-18(20-15)12-5-2-1-3-6-12/h1-11,17H/b15-10+. The van der Waals surface area contributed by atoms with Crippen molar-refractivity contribution >= 4 is 29.6 Å². The number of nitrogens with zero attached hydrogens (tertiary/aromatic N) is 1. The number of ketones is 1. The maximum absolute atomic E-state index is 12.3. The number of rotatable bonds is 4. The van der Waals surface area contributed by atoms with Crippen molar-refractivity contribution in [2.45, 2.75) is 6.10 Å². The Labute approximate surface area is 138 Å². The summed E-state index contributed by atoms with van der Waals surface area (Å²) in [6.07, 6.45) is 1.05. The lowest BCUT2D eigenvalue weighted by atomic mass is 10.1. The average Bonchev–Trinajstić information content (AvgIpc) is 2.98. The summed E-state index contributed by atoms with van der Waals surface area (Å²) in [7, 11) is 0. The zero-order chi connectivity index (χ0) is 16.2. The summed E-state index contributed by atoms with van der Waals surface area (Å²) in [5.41, 5.74) is 1.46. The molecule has 0 saturated carbocycles. The van der Waals surface area contributed by atoms with Crippen molar-refractivity contribution in [1.29, 1.82) is 0 Å². The van der Waals surface area contributed by atoms with Gasteiger partial charge in [0.15, 0.2) is 18.2 Å². The van der Waals surface area contributed by atoms with E-state index in [1.807, 2.05) is 30.3 Å². The number of halogens is 1. The fourth-order valence-electron chi connectivity index (χ4n) is 2.17. The molecule has 1 unspecified atom stereocenters.